The fourth-order valence-electron chi connectivity index (χ4n) is 1.91. The standard InChI is InChI=1S/C13H14N2O3S3/c1-7-9(8(2)21-14-7)6-10-12(18)15(13(19)20-10)5-3-4-11(16)17/h6H,3-5H2,1-2H3,(H,16,17). The third-order valence-electron chi connectivity index (χ3n) is 3.01. The summed E-state index contributed by atoms with van der Waals surface area (Å²) in [5.41, 5.74) is 1.86. The van der Waals surface area contributed by atoms with Gasteiger partial charge in [0, 0.05) is 23.4 Å². The highest BCUT2D eigenvalue weighted by atomic mass is 32.2. The molecule has 21 heavy (non-hydrogen) atoms. The van der Waals surface area contributed by atoms with Gasteiger partial charge in [-0.1, -0.05) is 24.0 Å². The minimum atomic E-state index is -0.869. The van der Waals surface area contributed by atoms with Crippen molar-refractivity contribution in [3.63, 3.8) is 0 Å². The van der Waals surface area contributed by atoms with E-state index in [-0.39, 0.29) is 12.3 Å². The first kappa shape index (κ1) is 16.1. The van der Waals surface area contributed by atoms with E-state index in [0.717, 1.165) is 16.1 Å². The molecule has 0 spiro atoms. The normalized spacial score (nSPS) is 17.0. The number of aryl methyl sites for hydroxylation is 2. The van der Waals surface area contributed by atoms with Crippen molar-refractivity contribution in [2.24, 2.45) is 0 Å². The number of carbonyl (C=O) groups excluding carboxylic acids is 1. The smallest absolute Gasteiger partial charge is 0.303 e. The largest absolute Gasteiger partial charge is 0.481 e. The fraction of sp³-hybridized carbons (Fsp3) is 0.385. The second kappa shape index (κ2) is 6.67. The third kappa shape index (κ3) is 3.69. The summed E-state index contributed by atoms with van der Waals surface area (Å²) in [7, 11) is 0. The molecule has 1 saturated heterocycles. The van der Waals surface area contributed by atoms with E-state index >= 15 is 0 Å². The molecule has 0 unspecified atom stereocenters. The number of carboxylic acids is 1. The van der Waals surface area contributed by atoms with E-state index < -0.39 is 5.97 Å². The Labute approximate surface area is 136 Å². The molecule has 2 heterocycles. The van der Waals surface area contributed by atoms with Crippen LogP contribution in [0.3, 0.4) is 0 Å². The molecule has 0 radical (unpaired) electrons. The molecule has 0 bridgehead atoms. The molecule has 5 nitrogen and oxygen atoms in total. The van der Waals surface area contributed by atoms with Gasteiger partial charge >= 0.3 is 5.97 Å². The van der Waals surface area contributed by atoms with E-state index in [1.54, 1.807) is 0 Å². The van der Waals surface area contributed by atoms with Crippen molar-refractivity contribution >= 4 is 57.8 Å². The predicted molar refractivity (Wildman–Crippen MR) is 88.3 cm³/mol. The van der Waals surface area contributed by atoms with Crippen molar-refractivity contribution in [3.05, 3.63) is 21.0 Å². The molecule has 0 atom stereocenters. The summed E-state index contributed by atoms with van der Waals surface area (Å²) < 4.78 is 4.74. The maximum absolute atomic E-state index is 12.3. The number of amides is 1. The van der Waals surface area contributed by atoms with Crippen LogP contribution in [0.4, 0.5) is 0 Å². The van der Waals surface area contributed by atoms with Gasteiger partial charge in [-0.05, 0) is 37.9 Å². The van der Waals surface area contributed by atoms with E-state index in [1.807, 2.05) is 19.9 Å². The van der Waals surface area contributed by atoms with Gasteiger partial charge in [0.15, 0.2) is 0 Å². The van der Waals surface area contributed by atoms with Gasteiger partial charge in [-0.15, -0.1) is 0 Å². The number of hydrogen-bond donors (Lipinski definition) is 1. The highest BCUT2D eigenvalue weighted by Crippen LogP contribution is 2.34. The molecule has 0 aliphatic carbocycles. The van der Waals surface area contributed by atoms with Crippen LogP contribution >= 0.6 is 35.5 Å². The molecular formula is C13H14N2O3S3. The van der Waals surface area contributed by atoms with Crippen LogP contribution in [-0.4, -0.2) is 37.1 Å². The van der Waals surface area contributed by atoms with E-state index in [9.17, 15) is 9.59 Å². The van der Waals surface area contributed by atoms with Crippen molar-refractivity contribution in [1.29, 1.82) is 0 Å². The highest BCUT2D eigenvalue weighted by molar-refractivity contribution is 8.26. The van der Waals surface area contributed by atoms with Crippen molar-refractivity contribution in [2.45, 2.75) is 26.7 Å². The number of rotatable bonds is 5. The topological polar surface area (TPSA) is 70.5 Å². The molecular weight excluding hydrogens is 328 g/mol. The van der Waals surface area contributed by atoms with Crippen LogP contribution in [0.15, 0.2) is 4.91 Å². The Bertz CT molecular complexity index is 617. The number of thiocarbonyl (C=S) groups is 1. The number of thioether (sulfide) groups is 1. The zero-order valence-corrected chi connectivity index (χ0v) is 14.0. The van der Waals surface area contributed by atoms with Gasteiger partial charge in [0.1, 0.15) is 4.32 Å². The van der Waals surface area contributed by atoms with Crippen molar-refractivity contribution in [1.82, 2.24) is 9.27 Å². The molecule has 0 saturated carbocycles. The maximum Gasteiger partial charge on any atom is 0.303 e. The van der Waals surface area contributed by atoms with Gasteiger partial charge in [-0.25, -0.2) is 0 Å². The van der Waals surface area contributed by atoms with Gasteiger partial charge in [0.05, 0.1) is 10.6 Å². The summed E-state index contributed by atoms with van der Waals surface area (Å²) in [6, 6.07) is 0. The lowest BCUT2D eigenvalue weighted by Gasteiger charge is -2.13. The summed E-state index contributed by atoms with van der Waals surface area (Å²) in [5, 5.41) is 8.64. The predicted octanol–water partition coefficient (Wildman–Crippen LogP) is 2.83. The van der Waals surface area contributed by atoms with Crippen LogP contribution in [0.2, 0.25) is 0 Å². The Kier molecular flexibility index (Phi) is 5.13. The number of hydrogen-bond acceptors (Lipinski definition) is 6. The Balaban J connectivity index is 2.12. The second-order valence-electron chi connectivity index (χ2n) is 4.57. The van der Waals surface area contributed by atoms with E-state index in [0.29, 0.717) is 22.2 Å². The molecule has 1 amide bonds. The number of nitrogens with zero attached hydrogens (tertiary/aromatic N) is 2. The lowest BCUT2D eigenvalue weighted by molar-refractivity contribution is -0.137. The molecule has 1 aromatic heterocycles. The number of aromatic nitrogens is 1. The molecule has 1 aliphatic heterocycles. The third-order valence-corrected chi connectivity index (χ3v) is 5.25. The quantitative estimate of drug-likeness (QED) is 0.655. The number of carbonyl (C=O) groups is 2. The Morgan fingerprint density at radius 3 is 2.76 bits per heavy atom. The van der Waals surface area contributed by atoms with Crippen LogP contribution in [-0.2, 0) is 9.59 Å². The minimum absolute atomic E-state index is 0.0305. The van der Waals surface area contributed by atoms with Crippen molar-refractivity contribution < 1.29 is 14.7 Å². The molecule has 1 fully saturated rings. The average molecular weight is 342 g/mol. The second-order valence-corrected chi connectivity index (χ2v) is 7.22. The average Bonchev–Trinajstić information content (AvgIpc) is 2.86. The first-order chi connectivity index (χ1) is 9.90. The molecule has 1 N–H and O–H groups in total. The fourth-order valence-corrected chi connectivity index (χ4v) is 3.88. The minimum Gasteiger partial charge on any atom is -0.481 e. The Hall–Kier alpha value is -1.25. The molecule has 0 aromatic carbocycles. The Morgan fingerprint density at radius 2 is 2.19 bits per heavy atom. The van der Waals surface area contributed by atoms with E-state index in [1.165, 1.54) is 28.2 Å². The van der Waals surface area contributed by atoms with Crippen LogP contribution in [0.5, 0.6) is 0 Å². The Morgan fingerprint density at radius 1 is 1.48 bits per heavy atom. The summed E-state index contributed by atoms with van der Waals surface area (Å²) in [6.07, 6.45) is 2.25. The molecule has 112 valence electrons. The van der Waals surface area contributed by atoms with Gasteiger partial charge in [0.2, 0.25) is 0 Å². The maximum atomic E-state index is 12.3. The van der Waals surface area contributed by atoms with Crippen LogP contribution in [0.1, 0.15) is 29.0 Å². The van der Waals surface area contributed by atoms with Gasteiger partial charge < -0.3 is 5.11 Å². The molecule has 1 aromatic rings. The lowest BCUT2D eigenvalue weighted by atomic mass is 10.2. The van der Waals surface area contributed by atoms with Gasteiger partial charge in [-0.3, -0.25) is 14.5 Å². The van der Waals surface area contributed by atoms with Gasteiger partial charge in [0.25, 0.3) is 5.91 Å². The first-order valence-electron chi connectivity index (χ1n) is 6.30. The summed E-state index contributed by atoms with van der Waals surface area (Å²) in [4.78, 5) is 26.0. The van der Waals surface area contributed by atoms with E-state index in [4.69, 9.17) is 17.3 Å². The molecule has 2 rings (SSSR count). The van der Waals surface area contributed by atoms with Crippen molar-refractivity contribution in [3.8, 4) is 0 Å². The van der Waals surface area contributed by atoms with Crippen molar-refractivity contribution in [2.75, 3.05) is 6.54 Å². The lowest BCUT2D eigenvalue weighted by Crippen LogP contribution is -2.29. The van der Waals surface area contributed by atoms with Gasteiger partial charge in [-0.2, -0.15) is 4.37 Å². The summed E-state index contributed by atoms with van der Waals surface area (Å²) in [5.74, 6) is -1.02. The number of aliphatic carboxylic acids is 1. The van der Waals surface area contributed by atoms with Crippen LogP contribution in [0, 0.1) is 13.8 Å². The monoisotopic (exact) mass is 342 g/mol. The zero-order chi connectivity index (χ0) is 15.6. The highest BCUT2D eigenvalue weighted by Gasteiger charge is 2.32. The summed E-state index contributed by atoms with van der Waals surface area (Å²) in [6.45, 7) is 4.21. The van der Waals surface area contributed by atoms with Crippen LogP contribution < -0.4 is 0 Å². The molecule has 8 heteroatoms. The first-order valence-corrected chi connectivity index (χ1v) is 8.30. The molecule has 1 aliphatic rings. The summed E-state index contributed by atoms with van der Waals surface area (Å²) >= 11 is 7.86. The number of carboxylic acid groups (broad SMARTS) is 1. The SMILES string of the molecule is Cc1nsc(C)c1C=C1SC(=S)N(CCCC(=O)O)C1=O. The zero-order valence-electron chi connectivity index (χ0n) is 11.6. The van der Waals surface area contributed by atoms with Crippen LogP contribution in [0.25, 0.3) is 6.08 Å². The van der Waals surface area contributed by atoms with E-state index in [2.05, 4.69) is 4.37 Å².